The Kier molecular flexibility index (Phi) is 30.3. The summed E-state index contributed by atoms with van der Waals surface area (Å²) >= 11 is 0. The number of pyridine rings is 2. The van der Waals surface area contributed by atoms with Crippen LogP contribution in [0.15, 0.2) is 221 Å². The average Bonchev–Trinajstić information content (AvgIpc) is 1.68. The highest BCUT2D eigenvalue weighted by molar-refractivity contribution is 5.99. The molecule has 7 saturated heterocycles. The lowest BCUT2D eigenvalue weighted by atomic mass is 9.75. The number of carbonyl (C=O) groups excluding carboxylic acids is 6. The van der Waals surface area contributed by atoms with Crippen molar-refractivity contribution in [3.63, 3.8) is 0 Å². The lowest BCUT2D eigenvalue weighted by molar-refractivity contribution is -0.134. The molecule has 25 heteroatoms. The highest BCUT2D eigenvalue weighted by Gasteiger charge is 2.44. The maximum absolute atomic E-state index is 13.5. The van der Waals surface area contributed by atoms with Crippen molar-refractivity contribution >= 4 is 58.3 Å². The molecule has 12 aliphatic rings. The topological polar surface area (TPSA) is 277 Å². The molecule has 10 aliphatic heterocycles. The average molecular weight is 1900 g/mol. The summed E-state index contributed by atoms with van der Waals surface area (Å²) in [5, 5.41) is 0. The van der Waals surface area contributed by atoms with Crippen LogP contribution in [0.1, 0.15) is 303 Å². The summed E-state index contributed by atoms with van der Waals surface area (Å²) in [7, 11) is 0. The molecule has 21 rings (SSSR count). The highest BCUT2D eigenvalue weighted by atomic mass is 16.2. The number of nitrogens with one attached hydrogen (secondary N) is 3. The van der Waals surface area contributed by atoms with E-state index in [0.717, 1.165) is 274 Å². The summed E-state index contributed by atoms with van der Waals surface area (Å²) in [5.41, 5.74) is 20.4. The number of piperazine rings is 1. The molecule has 4 aromatic carbocycles. The quantitative estimate of drug-likeness (QED) is 0.0508. The van der Waals surface area contributed by atoms with E-state index >= 15 is 0 Å². The van der Waals surface area contributed by atoms with Gasteiger partial charge in [0.05, 0.1) is 95.4 Å². The van der Waals surface area contributed by atoms with Gasteiger partial charge in [-0.2, -0.15) is 0 Å². The Bertz CT molecular complexity index is 5480. The van der Waals surface area contributed by atoms with Crippen LogP contribution in [-0.2, 0) is 28.8 Å². The Morgan fingerprint density at radius 1 is 0.298 bits per heavy atom. The zero-order valence-electron chi connectivity index (χ0n) is 84.1. The van der Waals surface area contributed by atoms with E-state index in [1.165, 1.54) is 58.1 Å². The van der Waals surface area contributed by atoms with Gasteiger partial charge in [-0.15, -0.1) is 0 Å². The Balaban J connectivity index is 0.000000134. The molecular formula is C116H143N19O6. The van der Waals surface area contributed by atoms with Crippen LogP contribution in [0.3, 0.4) is 0 Å². The van der Waals surface area contributed by atoms with Crippen LogP contribution in [0, 0.1) is 29.6 Å². The number of allylic oxidation sites excluding steroid dienone is 3. The molecule has 9 fully saturated rings. The second kappa shape index (κ2) is 43.9. The van der Waals surface area contributed by atoms with Crippen molar-refractivity contribution in [2.75, 3.05) is 70.3 Å². The predicted octanol–water partition coefficient (Wildman–Crippen LogP) is 21.2. The van der Waals surface area contributed by atoms with Crippen LogP contribution < -0.4 is 4.90 Å². The van der Waals surface area contributed by atoms with Gasteiger partial charge < -0.3 is 54.2 Å². The number of aromatic nitrogens is 8. The first kappa shape index (κ1) is 97.3. The number of imidazole rings is 3. The fourth-order valence-electron chi connectivity index (χ4n) is 24.4. The van der Waals surface area contributed by atoms with E-state index in [2.05, 4.69) is 100 Å². The first-order valence-corrected chi connectivity index (χ1v) is 53.0. The number of carbonyl (C=O) groups is 6. The Labute approximate surface area is 832 Å². The van der Waals surface area contributed by atoms with E-state index in [1.807, 2.05) is 205 Å². The van der Waals surface area contributed by atoms with Gasteiger partial charge in [-0.3, -0.25) is 53.7 Å². The standard InChI is InChI=1S/2C39H48N6O2.C38H47N7O2/c1-25(2)38(46)44-19-7-11-35(44)33-21-31(23-41-33)28-13-15-29(16-14-28)32-18-17-30(22-40-32)34-24-42-37(43-34)36-12-8-20-45(36)39(47)26(3)27-9-5-4-6-10-27;1-25(2)38(46)44-19-7-11-35(44)33-21-31(23-41-33)29-15-13-28(14-16-29)30-17-18-32(40-22-30)34-24-42-37(43-34)36-12-8-20-45(36)39(47)26(3)27-9-5-4-6-10-27;1-26(2)37(46)44-17-7-11-34(44)32-23-31(24-39-32)43-21-19-42(20-22-43)30-15-13-29(14-16-30)33-25-40-36(41-33)35-12-8-18-45(35)38(47)27(3)28-9-5-4-6-10-28/h2*4-6,9-10,17-18,22-26,28-29,35-36H,7-8,11-16,19-21H2,1-3H3,(H,42,43);4-6,9-10,13-16,24-27,34-35H,7-8,11-12,17-23H2,1-3H3,(H,40,41)/t2*26-,28?,29?,35+,36+;27-,34+,35+/m111/s1. The molecular weight excluding hydrogens is 1760 g/mol. The summed E-state index contributed by atoms with van der Waals surface area (Å²) in [5.74, 6) is 5.53. The maximum Gasteiger partial charge on any atom is 0.230 e. The zero-order chi connectivity index (χ0) is 97.5. The molecule has 0 bridgehead atoms. The number of hydrogen-bond acceptors (Lipinski definition) is 16. The minimum absolute atomic E-state index is 0.0194. The molecule has 738 valence electrons. The van der Waals surface area contributed by atoms with Gasteiger partial charge in [0.2, 0.25) is 35.4 Å². The summed E-state index contributed by atoms with van der Waals surface area (Å²) in [6.45, 7) is 26.6. The number of aliphatic imine (C=N–C) groups is 3. The van der Waals surface area contributed by atoms with Crippen molar-refractivity contribution in [1.82, 2.24) is 74.2 Å². The summed E-state index contributed by atoms with van der Waals surface area (Å²) in [6, 6.07) is 48.0. The fraction of sp³-hybridized carbons (Fsp3) is 0.500. The third kappa shape index (κ3) is 21.5. The first-order valence-electron chi connectivity index (χ1n) is 53.0. The van der Waals surface area contributed by atoms with Crippen molar-refractivity contribution in [3.8, 4) is 33.9 Å². The molecule has 0 spiro atoms. The Morgan fingerprint density at radius 3 is 1.05 bits per heavy atom. The smallest absolute Gasteiger partial charge is 0.230 e. The molecule has 9 atom stereocenters. The van der Waals surface area contributed by atoms with Crippen LogP contribution >= 0.6 is 0 Å². The fourth-order valence-corrected chi connectivity index (χ4v) is 24.4. The number of amides is 6. The van der Waals surface area contributed by atoms with Crippen LogP contribution in [0.2, 0.25) is 0 Å². The van der Waals surface area contributed by atoms with Crippen LogP contribution in [0.25, 0.3) is 33.9 Å². The number of H-pyrrole nitrogens is 3. The molecule has 2 saturated carbocycles. The largest absolute Gasteiger partial charge is 0.370 e. The molecule has 15 heterocycles. The van der Waals surface area contributed by atoms with E-state index in [9.17, 15) is 28.8 Å². The third-order valence-corrected chi connectivity index (χ3v) is 32.7. The molecule has 9 aromatic rings. The van der Waals surface area contributed by atoms with Crippen molar-refractivity contribution in [3.05, 3.63) is 251 Å². The number of benzene rings is 4. The van der Waals surface area contributed by atoms with Gasteiger partial charge in [0.25, 0.3) is 0 Å². The summed E-state index contributed by atoms with van der Waals surface area (Å²) in [6.07, 6.45) is 39.9. The van der Waals surface area contributed by atoms with Gasteiger partial charge in [-0.1, -0.05) is 151 Å². The molecule has 0 unspecified atom stereocenters. The van der Waals surface area contributed by atoms with E-state index in [-0.39, 0.29) is 107 Å². The second-order valence-corrected chi connectivity index (χ2v) is 42.5. The number of hydrogen-bond donors (Lipinski definition) is 3. The van der Waals surface area contributed by atoms with Crippen LogP contribution in [0.5, 0.6) is 0 Å². The van der Waals surface area contributed by atoms with Crippen LogP contribution in [-0.4, -0.2) is 210 Å². The molecule has 6 amide bonds. The first-order chi connectivity index (χ1) is 68.6. The third-order valence-electron chi connectivity index (χ3n) is 32.7. The normalized spacial score (nSPS) is 24.3. The van der Waals surface area contributed by atoms with Crippen molar-refractivity contribution < 1.29 is 28.8 Å². The molecule has 25 nitrogen and oxygen atoms in total. The number of anilines is 1. The molecule has 0 radical (unpaired) electrons. The lowest BCUT2D eigenvalue weighted by Crippen LogP contribution is -2.46. The van der Waals surface area contributed by atoms with Gasteiger partial charge in [-0.05, 0) is 236 Å². The number of nitrogens with zero attached hydrogens (tertiary/aromatic N) is 16. The second-order valence-electron chi connectivity index (χ2n) is 42.5. The lowest BCUT2D eigenvalue weighted by Gasteiger charge is -2.38. The van der Waals surface area contributed by atoms with Gasteiger partial charge in [0, 0.05) is 179 Å². The predicted molar refractivity (Wildman–Crippen MR) is 556 cm³/mol. The van der Waals surface area contributed by atoms with Crippen molar-refractivity contribution in [2.24, 2.45) is 44.6 Å². The SMILES string of the molecule is CC(C)C(=O)N1CCC[C@H]1C1=NC=C(C2CCC(c3ccc(-c4cnc([C@@H]5CCCN5C(=O)[C@H](C)c5ccccc5)[nH]4)cn3)CC2)C1.CC(C)C(=O)N1CCC[C@H]1C1=NC=C(C2CCC(c3ccc(-c4cnc([C@@H]5CCCN5C(=O)[C@H](C)c5ccccc5)[nH]4)nc3)CC2)C1.CC(C)C(=O)N1CCC[C@H]1C1=NC=C(N2CCN(c3ccc(-c4cnc([C@@H]5CCCN5C(=O)[C@H](C)c5ccccc5)[nH]4)cc3)CC2)C1. The van der Waals surface area contributed by atoms with Gasteiger partial charge >= 0.3 is 0 Å². The van der Waals surface area contributed by atoms with Gasteiger partial charge in [0.15, 0.2) is 0 Å². The maximum atomic E-state index is 13.5. The van der Waals surface area contributed by atoms with E-state index in [4.69, 9.17) is 39.9 Å². The van der Waals surface area contributed by atoms with Gasteiger partial charge in [-0.25, -0.2) is 15.0 Å². The zero-order valence-corrected chi connectivity index (χ0v) is 84.1. The monoisotopic (exact) mass is 1900 g/mol. The van der Waals surface area contributed by atoms with Crippen molar-refractivity contribution in [1.29, 1.82) is 0 Å². The summed E-state index contributed by atoms with van der Waals surface area (Å²) < 4.78 is 0. The number of rotatable bonds is 24. The van der Waals surface area contributed by atoms with Crippen molar-refractivity contribution in [2.45, 2.75) is 276 Å². The molecule has 141 heavy (non-hydrogen) atoms. The Hall–Kier alpha value is -12.5. The van der Waals surface area contributed by atoms with E-state index < -0.39 is 0 Å². The van der Waals surface area contributed by atoms with Gasteiger partial charge in [0.1, 0.15) is 17.5 Å². The summed E-state index contributed by atoms with van der Waals surface area (Å²) in [4.78, 5) is 145. The Morgan fingerprint density at radius 2 is 0.652 bits per heavy atom. The minimum Gasteiger partial charge on any atom is -0.370 e. The minimum atomic E-state index is -0.180. The number of likely N-dealkylation sites (tertiary alicyclic amines) is 6. The number of aromatic amines is 3. The molecule has 5 aromatic heterocycles. The van der Waals surface area contributed by atoms with Crippen LogP contribution in [0.4, 0.5) is 5.69 Å². The molecule has 3 N–H and O–H groups in total. The van der Waals surface area contributed by atoms with E-state index in [1.54, 1.807) is 0 Å². The highest BCUT2D eigenvalue weighted by Crippen LogP contribution is 2.46. The molecule has 2 aliphatic carbocycles. The van der Waals surface area contributed by atoms with E-state index in [0.29, 0.717) is 23.7 Å².